The lowest BCUT2D eigenvalue weighted by molar-refractivity contribution is 0.412. The standard InChI is InChI=1S/C12H16Br2O/c1-8(2)6-10(13)9-4-5-12(15-3)11(14)7-9/h4-5,7-8,10H,6H2,1-3H3. The summed E-state index contributed by atoms with van der Waals surface area (Å²) in [6.45, 7) is 4.46. The molecule has 15 heavy (non-hydrogen) atoms. The summed E-state index contributed by atoms with van der Waals surface area (Å²) < 4.78 is 6.21. The summed E-state index contributed by atoms with van der Waals surface area (Å²) in [5, 5.41) is 0. The Kier molecular flexibility index (Phi) is 5.13. The fourth-order valence-electron chi connectivity index (χ4n) is 1.43. The van der Waals surface area contributed by atoms with Gasteiger partial charge in [0.05, 0.1) is 11.6 Å². The van der Waals surface area contributed by atoms with Crippen LogP contribution in [0.5, 0.6) is 5.75 Å². The molecule has 1 aromatic rings. The number of hydrogen-bond donors (Lipinski definition) is 0. The average molecular weight is 336 g/mol. The molecule has 1 aromatic carbocycles. The third kappa shape index (κ3) is 3.80. The predicted octanol–water partition coefficient (Wildman–Crippen LogP) is 4.94. The van der Waals surface area contributed by atoms with Crippen molar-refractivity contribution in [3.05, 3.63) is 28.2 Å². The highest BCUT2D eigenvalue weighted by molar-refractivity contribution is 9.10. The molecule has 0 aliphatic carbocycles. The molecule has 1 nitrogen and oxygen atoms in total. The normalized spacial score (nSPS) is 12.9. The van der Waals surface area contributed by atoms with Crippen molar-refractivity contribution in [2.45, 2.75) is 25.1 Å². The minimum Gasteiger partial charge on any atom is -0.496 e. The molecule has 0 aromatic heterocycles. The second-order valence-electron chi connectivity index (χ2n) is 3.99. The molecule has 0 spiro atoms. The summed E-state index contributed by atoms with van der Waals surface area (Å²) in [5.41, 5.74) is 1.29. The lowest BCUT2D eigenvalue weighted by Crippen LogP contribution is -1.96. The summed E-state index contributed by atoms with van der Waals surface area (Å²) in [7, 11) is 1.68. The van der Waals surface area contributed by atoms with Gasteiger partial charge in [-0.1, -0.05) is 35.8 Å². The van der Waals surface area contributed by atoms with Crippen LogP contribution in [0.15, 0.2) is 22.7 Å². The fourth-order valence-corrected chi connectivity index (χ4v) is 3.02. The zero-order valence-electron chi connectivity index (χ0n) is 9.26. The number of benzene rings is 1. The lowest BCUT2D eigenvalue weighted by atomic mass is 10.0. The number of halogens is 2. The first-order chi connectivity index (χ1) is 7.04. The summed E-state index contributed by atoms with van der Waals surface area (Å²) in [5.74, 6) is 1.57. The quantitative estimate of drug-likeness (QED) is 0.708. The number of methoxy groups -OCH3 is 1. The highest BCUT2D eigenvalue weighted by Crippen LogP contribution is 2.34. The van der Waals surface area contributed by atoms with Crippen LogP contribution in [0, 0.1) is 5.92 Å². The van der Waals surface area contributed by atoms with Crippen molar-refractivity contribution < 1.29 is 4.74 Å². The Morgan fingerprint density at radius 1 is 1.33 bits per heavy atom. The van der Waals surface area contributed by atoms with E-state index >= 15 is 0 Å². The van der Waals surface area contributed by atoms with Gasteiger partial charge in [-0.25, -0.2) is 0 Å². The molecule has 1 rings (SSSR count). The van der Waals surface area contributed by atoms with Crippen LogP contribution in [-0.2, 0) is 0 Å². The summed E-state index contributed by atoms with van der Waals surface area (Å²) in [4.78, 5) is 0.416. The molecule has 0 saturated heterocycles. The molecule has 0 amide bonds. The molecule has 0 aliphatic heterocycles. The Morgan fingerprint density at radius 3 is 2.47 bits per heavy atom. The molecule has 0 aliphatic rings. The van der Waals surface area contributed by atoms with Gasteiger partial charge in [-0.15, -0.1) is 0 Å². The largest absolute Gasteiger partial charge is 0.496 e. The molecule has 0 saturated carbocycles. The van der Waals surface area contributed by atoms with Crippen LogP contribution in [0.2, 0.25) is 0 Å². The molecule has 0 N–H and O–H groups in total. The highest BCUT2D eigenvalue weighted by atomic mass is 79.9. The van der Waals surface area contributed by atoms with Crippen molar-refractivity contribution in [3.63, 3.8) is 0 Å². The molecule has 1 unspecified atom stereocenters. The van der Waals surface area contributed by atoms with Gasteiger partial charge in [0.15, 0.2) is 0 Å². The summed E-state index contributed by atoms with van der Waals surface area (Å²) in [6, 6.07) is 6.21. The Hall–Kier alpha value is -0.0200. The zero-order valence-corrected chi connectivity index (χ0v) is 12.4. The minimum absolute atomic E-state index is 0.416. The van der Waals surface area contributed by atoms with Crippen molar-refractivity contribution in [3.8, 4) is 5.75 Å². The Bertz CT molecular complexity index is 323. The molecule has 3 heteroatoms. The Morgan fingerprint density at radius 2 is 2.00 bits per heavy atom. The van der Waals surface area contributed by atoms with E-state index in [0.717, 1.165) is 16.6 Å². The Labute approximate surface area is 108 Å². The van der Waals surface area contributed by atoms with Gasteiger partial charge in [-0.2, -0.15) is 0 Å². The van der Waals surface area contributed by atoms with Crippen LogP contribution in [0.1, 0.15) is 30.7 Å². The average Bonchev–Trinajstić information content (AvgIpc) is 2.16. The van der Waals surface area contributed by atoms with Crippen LogP contribution >= 0.6 is 31.9 Å². The Balaban J connectivity index is 2.82. The van der Waals surface area contributed by atoms with Crippen molar-refractivity contribution in [2.24, 2.45) is 5.92 Å². The third-order valence-electron chi connectivity index (χ3n) is 2.22. The first kappa shape index (κ1) is 13.0. The second kappa shape index (κ2) is 5.90. The van der Waals surface area contributed by atoms with E-state index < -0.39 is 0 Å². The van der Waals surface area contributed by atoms with Gasteiger partial charge in [0.1, 0.15) is 5.75 Å². The molecule has 0 radical (unpaired) electrons. The van der Waals surface area contributed by atoms with E-state index in [4.69, 9.17) is 4.74 Å². The second-order valence-corrected chi connectivity index (χ2v) is 5.95. The smallest absolute Gasteiger partial charge is 0.133 e. The first-order valence-corrected chi connectivity index (χ1v) is 6.73. The van der Waals surface area contributed by atoms with Crippen molar-refractivity contribution in [1.29, 1.82) is 0 Å². The van der Waals surface area contributed by atoms with Crippen molar-refractivity contribution in [2.75, 3.05) is 7.11 Å². The van der Waals surface area contributed by atoms with Gasteiger partial charge in [-0.3, -0.25) is 0 Å². The van der Waals surface area contributed by atoms with Crippen LogP contribution in [0.3, 0.4) is 0 Å². The predicted molar refractivity (Wildman–Crippen MR) is 71.8 cm³/mol. The SMILES string of the molecule is COc1ccc(C(Br)CC(C)C)cc1Br. The minimum atomic E-state index is 0.416. The maximum Gasteiger partial charge on any atom is 0.133 e. The monoisotopic (exact) mass is 334 g/mol. The van der Waals surface area contributed by atoms with E-state index in [1.807, 2.05) is 6.07 Å². The number of ether oxygens (including phenoxy) is 1. The first-order valence-electron chi connectivity index (χ1n) is 5.02. The highest BCUT2D eigenvalue weighted by Gasteiger charge is 2.11. The fraction of sp³-hybridized carbons (Fsp3) is 0.500. The topological polar surface area (TPSA) is 9.23 Å². The molecule has 0 fully saturated rings. The van der Waals surface area contributed by atoms with Gasteiger partial charge >= 0.3 is 0 Å². The zero-order chi connectivity index (χ0) is 11.4. The molecular weight excluding hydrogens is 320 g/mol. The summed E-state index contributed by atoms with van der Waals surface area (Å²) in [6.07, 6.45) is 1.14. The maximum atomic E-state index is 5.20. The van der Waals surface area contributed by atoms with Gasteiger partial charge in [-0.05, 0) is 46.0 Å². The van der Waals surface area contributed by atoms with Crippen LogP contribution in [0.4, 0.5) is 0 Å². The molecule has 84 valence electrons. The van der Waals surface area contributed by atoms with Gasteiger partial charge in [0.25, 0.3) is 0 Å². The van der Waals surface area contributed by atoms with Crippen molar-refractivity contribution in [1.82, 2.24) is 0 Å². The van der Waals surface area contributed by atoms with Crippen LogP contribution in [-0.4, -0.2) is 7.11 Å². The van der Waals surface area contributed by atoms with Crippen LogP contribution in [0.25, 0.3) is 0 Å². The van der Waals surface area contributed by atoms with E-state index in [0.29, 0.717) is 10.7 Å². The van der Waals surface area contributed by atoms with Crippen LogP contribution < -0.4 is 4.74 Å². The number of alkyl halides is 1. The number of rotatable bonds is 4. The van der Waals surface area contributed by atoms with Gasteiger partial charge in [0, 0.05) is 4.83 Å². The van der Waals surface area contributed by atoms with Crippen molar-refractivity contribution >= 4 is 31.9 Å². The molecule has 0 bridgehead atoms. The maximum absolute atomic E-state index is 5.20. The van der Waals surface area contributed by atoms with E-state index in [-0.39, 0.29) is 0 Å². The third-order valence-corrected chi connectivity index (χ3v) is 3.74. The molecule has 0 heterocycles. The van der Waals surface area contributed by atoms with Gasteiger partial charge < -0.3 is 4.74 Å². The van der Waals surface area contributed by atoms with E-state index in [9.17, 15) is 0 Å². The van der Waals surface area contributed by atoms with E-state index in [2.05, 4.69) is 57.8 Å². The number of hydrogen-bond acceptors (Lipinski definition) is 1. The van der Waals surface area contributed by atoms with E-state index in [1.165, 1.54) is 5.56 Å². The molecular formula is C12H16Br2O. The lowest BCUT2D eigenvalue weighted by Gasteiger charge is -2.14. The summed E-state index contributed by atoms with van der Waals surface area (Å²) >= 11 is 7.20. The van der Waals surface area contributed by atoms with Gasteiger partial charge in [0.2, 0.25) is 0 Å². The molecule has 1 atom stereocenters. The van der Waals surface area contributed by atoms with E-state index in [1.54, 1.807) is 7.11 Å².